The standard InChI is InChI=1S/C4H8.C3H6.CH4O.FH.H2O/c1-2-4-3-1;1-2-3-1;1-2;;/h1-4H2;1-3H2;2H,1H3;1H;1H2. The van der Waals surface area contributed by atoms with Crippen molar-refractivity contribution < 1.29 is 15.3 Å². The second-order valence-electron chi connectivity index (χ2n) is 2.47. The highest BCUT2D eigenvalue weighted by Gasteiger charge is 1.95. The van der Waals surface area contributed by atoms with Crippen molar-refractivity contribution in [1.82, 2.24) is 0 Å². The van der Waals surface area contributed by atoms with Crippen LogP contribution in [0.15, 0.2) is 0 Å². The zero-order valence-electron chi connectivity index (χ0n) is 7.31. The van der Waals surface area contributed by atoms with Gasteiger partial charge in [-0.05, 0) is 0 Å². The van der Waals surface area contributed by atoms with Gasteiger partial charge in [0.1, 0.15) is 0 Å². The van der Waals surface area contributed by atoms with E-state index < -0.39 is 0 Å². The van der Waals surface area contributed by atoms with Crippen molar-refractivity contribution in [2.24, 2.45) is 0 Å². The number of aliphatic hydroxyl groups is 1. The molecule has 3 N–H and O–H groups in total. The fourth-order valence-corrected chi connectivity index (χ4v) is 0.250. The normalized spacial score (nSPS) is 15.8. The molecule has 0 bridgehead atoms. The van der Waals surface area contributed by atoms with Crippen LogP contribution in [0.5, 0.6) is 0 Å². The molecule has 0 atom stereocenters. The SMILES string of the molecule is C1CC1.C1CCC1.CO.F.O. The van der Waals surface area contributed by atoms with Crippen molar-refractivity contribution in [2.45, 2.75) is 44.9 Å². The monoisotopic (exact) mass is 168 g/mol. The van der Waals surface area contributed by atoms with E-state index in [0.29, 0.717) is 0 Å². The molecule has 0 saturated heterocycles. The van der Waals surface area contributed by atoms with Gasteiger partial charge in [0.05, 0.1) is 0 Å². The van der Waals surface area contributed by atoms with Crippen molar-refractivity contribution in [2.75, 3.05) is 7.11 Å². The Hall–Kier alpha value is -0.150. The number of halogens is 1. The summed E-state index contributed by atoms with van der Waals surface area (Å²) >= 11 is 0. The Labute approximate surface area is 68.3 Å². The van der Waals surface area contributed by atoms with Crippen LogP contribution in [0.2, 0.25) is 0 Å². The highest BCUT2D eigenvalue weighted by atomic mass is 19.0. The summed E-state index contributed by atoms with van der Waals surface area (Å²) in [5.74, 6) is 0. The molecule has 2 aliphatic rings. The van der Waals surface area contributed by atoms with Gasteiger partial charge in [-0.25, -0.2) is 0 Å². The van der Waals surface area contributed by atoms with Crippen LogP contribution in [-0.2, 0) is 0 Å². The maximum atomic E-state index is 7.00. The molecule has 0 heterocycles. The van der Waals surface area contributed by atoms with Crippen molar-refractivity contribution in [3.8, 4) is 0 Å². The minimum atomic E-state index is 0. The van der Waals surface area contributed by atoms with Gasteiger partial charge < -0.3 is 10.6 Å². The van der Waals surface area contributed by atoms with Gasteiger partial charge in [-0.15, -0.1) is 0 Å². The van der Waals surface area contributed by atoms with Gasteiger partial charge in [-0.1, -0.05) is 44.9 Å². The number of hydrogen-bond donors (Lipinski definition) is 1. The van der Waals surface area contributed by atoms with E-state index in [1.165, 1.54) is 44.9 Å². The highest BCUT2D eigenvalue weighted by Crippen LogP contribution is 2.15. The lowest BCUT2D eigenvalue weighted by Crippen LogP contribution is -1.85. The second-order valence-corrected chi connectivity index (χ2v) is 2.47. The summed E-state index contributed by atoms with van der Waals surface area (Å²) in [7, 11) is 1.00. The van der Waals surface area contributed by atoms with Crippen molar-refractivity contribution >= 4 is 0 Å². The molecule has 2 saturated carbocycles. The van der Waals surface area contributed by atoms with E-state index in [0.717, 1.165) is 7.11 Å². The van der Waals surface area contributed by atoms with Gasteiger partial charge >= 0.3 is 0 Å². The van der Waals surface area contributed by atoms with Gasteiger partial charge in [0.25, 0.3) is 0 Å². The summed E-state index contributed by atoms with van der Waals surface area (Å²) < 4.78 is 0. The Kier molecular flexibility index (Phi) is 25.5. The van der Waals surface area contributed by atoms with E-state index in [1.54, 1.807) is 0 Å². The summed E-state index contributed by atoms with van der Waals surface area (Å²) in [6.45, 7) is 0. The van der Waals surface area contributed by atoms with Crippen LogP contribution in [0.1, 0.15) is 44.9 Å². The molecule has 72 valence electrons. The predicted octanol–water partition coefficient (Wildman–Crippen LogP) is 1.67. The van der Waals surface area contributed by atoms with E-state index in [2.05, 4.69) is 0 Å². The Morgan fingerprint density at radius 3 is 0.727 bits per heavy atom. The second kappa shape index (κ2) is 16.4. The minimum absolute atomic E-state index is 0. The summed E-state index contributed by atoms with van der Waals surface area (Å²) in [6, 6.07) is 0. The maximum Gasteiger partial charge on any atom is 0.0319 e. The smallest absolute Gasteiger partial charge is 0.0319 e. The van der Waals surface area contributed by atoms with E-state index in [1.807, 2.05) is 0 Å². The third-order valence-corrected chi connectivity index (χ3v) is 1.35. The molecule has 11 heavy (non-hydrogen) atoms. The molecule has 2 rings (SSSR count). The molecule has 0 amide bonds. The largest absolute Gasteiger partial charge is 0.412 e. The first-order chi connectivity index (χ1) is 4.50. The average Bonchev–Trinajstić information content (AvgIpc) is 2.46. The van der Waals surface area contributed by atoms with Crippen molar-refractivity contribution in [3.05, 3.63) is 0 Å². The van der Waals surface area contributed by atoms with E-state index >= 15 is 0 Å². The van der Waals surface area contributed by atoms with Gasteiger partial charge in [-0.3, -0.25) is 4.70 Å². The zero-order chi connectivity index (χ0) is 6.95. The van der Waals surface area contributed by atoms with E-state index in [4.69, 9.17) is 5.11 Å². The molecule has 2 nitrogen and oxygen atoms in total. The summed E-state index contributed by atoms with van der Waals surface area (Å²) in [6.07, 6.45) is 10.5. The third kappa shape index (κ3) is 25.8. The third-order valence-electron chi connectivity index (χ3n) is 1.35. The van der Waals surface area contributed by atoms with Crippen LogP contribution in [0.4, 0.5) is 4.70 Å². The summed E-state index contributed by atoms with van der Waals surface area (Å²) in [5, 5.41) is 7.00. The molecule has 0 radical (unpaired) electrons. The predicted molar refractivity (Wildman–Crippen MR) is 46.6 cm³/mol. The van der Waals surface area contributed by atoms with Crippen LogP contribution in [0.3, 0.4) is 0 Å². The fraction of sp³-hybridized carbons (Fsp3) is 1.00. The van der Waals surface area contributed by atoms with Crippen LogP contribution in [-0.4, -0.2) is 17.7 Å². The number of rotatable bonds is 0. The Balaban J connectivity index is -0.0000000846. The molecular formula is C8H21FO2. The van der Waals surface area contributed by atoms with E-state index in [9.17, 15) is 0 Å². The summed E-state index contributed by atoms with van der Waals surface area (Å²) in [5.41, 5.74) is 0. The lowest BCUT2D eigenvalue weighted by molar-refractivity contribution is 0.399. The fourth-order valence-electron chi connectivity index (χ4n) is 0.250. The average molecular weight is 168 g/mol. The Morgan fingerprint density at radius 1 is 0.636 bits per heavy atom. The topological polar surface area (TPSA) is 51.7 Å². The van der Waals surface area contributed by atoms with E-state index in [-0.39, 0.29) is 10.2 Å². The molecular weight excluding hydrogens is 147 g/mol. The molecule has 2 fully saturated rings. The Bertz CT molecular complexity index is 38.6. The molecule has 0 aromatic rings. The molecule has 0 unspecified atom stereocenters. The van der Waals surface area contributed by atoms with Crippen LogP contribution < -0.4 is 0 Å². The molecule has 0 aromatic carbocycles. The van der Waals surface area contributed by atoms with Gasteiger partial charge in [-0.2, -0.15) is 0 Å². The number of hydrogen-bond acceptors (Lipinski definition) is 1. The minimum Gasteiger partial charge on any atom is -0.412 e. The molecule has 2 aliphatic carbocycles. The molecule has 0 spiro atoms. The molecule has 3 heteroatoms. The number of aliphatic hydroxyl groups excluding tert-OH is 1. The molecule has 0 aliphatic heterocycles. The van der Waals surface area contributed by atoms with Gasteiger partial charge in [0.2, 0.25) is 0 Å². The van der Waals surface area contributed by atoms with Crippen LogP contribution in [0, 0.1) is 0 Å². The van der Waals surface area contributed by atoms with Gasteiger partial charge in [0.15, 0.2) is 0 Å². The quantitative estimate of drug-likeness (QED) is 0.587. The van der Waals surface area contributed by atoms with Crippen molar-refractivity contribution in [3.63, 3.8) is 0 Å². The van der Waals surface area contributed by atoms with Crippen LogP contribution >= 0.6 is 0 Å². The lowest BCUT2D eigenvalue weighted by atomic mass is 10.0. The first-order valence-electron chi connectivity index (χ1n) is 3.95. The van der Waals surface area contributed by atoms with Crippen molar-refractivity contribution in [1.29, 1.82) is 0 Å². The van der Waals surface area contributed by atoms with Crippen LogP contribution in [0.25, 0.3) is 0 Å². The zero-order valence-corrected chi connectivity index (χ0v) is 7.31. The first kappa shape index (κ1) is 17.1. The lowest BCUT2D eigenvalue weighted by Gasteiger charge is -2.05. The summed E-state index contributed by atoms with van der Waals surface area (Å²) in [4.78, 5) is 0. The van der Waals surface area contributed by atoms with Gasteiger partial charge in [0, 0.05) is 7.11 Å². The molecule has 0 aromatic heterocycles. The highest BCUT2D eigenvalue weighted by molar-refractivity contribution is 4.51. The Morgan fingerprint density at radius 2 is 0.727 bits per heavy atom. The first-order valence-corrected chi connectivity index (χ1v) is 3.95. The maximum absolute atomic E-state index is 7.00.